The van der Waals surface area contributed by atoms with Crippen LogP contribution >= 0.6 is 23.2 Å². The number of phenolic OH excluding ortho intramolecular Hbond substituents is 1. The number of aliphatic carboxylic acids is 1. The van der Waals surface area contributed by atoms with Gasteiger partial charge < -0.3 is 10.2 Å². The van der Waals surface area contributed by atoms with Crippen LogP contribution in [0.1, 0.15) is 11.1 Å². The van der Waals surface area contributed by atoms with Crippen LogP contribution in [0.25, 0.3) is 11.6 Å². The molecule has 2 aromatic rings. The molecule has 0 radical (unpaired) electrons. The predicted molar refractivity (Wildman–Crippen MR) is 80.1 cm³/mol. The number of carboxylic acids is 1. The third-order valence-electron chi connectivity index (χ3n) is 2.69. The number of hydrogen-bond donors (Lipinski definition) is 2. The lowest BCUT2D eigenvalue weighted by Crippen LogP contribution is -1.99. The number of rotatable bonds is 3. The van der Waals surface area contributed by atoms with E-state index in [1.807, 2.05) is 0 Å². The fourth-order valence-electron chi connectivity index (χ4n) is 1.70. The number of carbonyl (C=O) groups is 1. The van der Waals surface area contributed by atoms with Crippen molar-refractivity contribution in [2.45, 2.75) is 0 Å². The van der Waals surface area contributed by atoms with Gasteiger partial charge in [0.2, 0.25) is 0 Å². The van der Waals surface area contributed by atoms with Gasteiger partial charge in [-0.05, 0) is 35.4 Å². The van der Waals surface area contributed by atoms with Gasteiger partial charge in [-0.1, -0.05) is 47.5 Å². The van der Waals surface area contributed by atoms with Gasteiger partial charge in [0.05, 0.1) is 15.6 Å². The number of hydrogen-bond acceptors (Lipinski definition) is 2. The van der Waals surface area contributed by atoms with Crippen LogP contribution in [-0.2, 0) is 4.79 Å². The molecule has 0 saturated heterocycles. The highest BCUT2D eigenvalue weighted by atomic mass is 35.5. The zero-order chi connectivity index (χ0) is 14.7. The average Bonchev–Trinajstić information content (AvgIpc) is 2.41. The molecule has 0 atom stereocenters. The summed E-state index contributed by atoms with van der Waals surface area (Å²) in [5.74, 6) is -1.02. The Morgan fingerprint density at radius 2 is 1.70 bits per heavy atom. The molecule has 0 aliphatic heterocycles. The van der Waals surface area contributed by atoms with Crippen LogP contribution in [-0.4, -0.2) is 16.2 Å². The molecule has 102 valence electrons. The van der Waals surface area contributed by atoms with Crippen LogP contribution < -0.4 is 0 Å². The van der Waals surface area contributed by atoms with E-state index >= 15 is 0 Å². The molecule has 0 aromatic heterocycles. The van der Waals surface area contributed by atoms with Crippen molar-refractivity contribution in [2.24, 2.45) is 0 Å². The van der Waals surface area contributed by atoms with Crippen LogP contribution in [0.5, 0.6) is 5.75 Å². The van der Waals surface area contributed by atoms with E-state index in [9.17, 15) is 15.0 Å². The maximum Gasteiger partial charge on any atom is 0.336 e. The Kier molecular flexibility index (Phi) is 4.32. The largest absolute Gasteiger partial charge is 0.508 e. The fourth-order valence-corrected chi connectivity index (χ4v) is 2.06. The minimum Gasteiger partial charge on any atom is -0.508 e. The molecule has 0 spiro atoms. The van der Waals surface area contributed by atoms with E-state index < -0.39 is 5.97 Å². The van der Waals surface area contributed by atoms with Crippen molar-refractivity contribution in [3.8, 4) is 5.75 Å². The summed E-state index contributed by atoms with van der Waals surface area (Å²) < 4.78 is 0. The Hall–Kier alpha value is -1.97. The maximum atomic E-state index is 11.4. The van der Waals surface area contributed by atoms with E-state index in [0.717, 1.165) is 0 Å². The molecule has 20 heavy (non-hydrogen) atoms. The Bertz CT molecular complexity index is 676. The van der Waals surface area contributed by atoms with E-state index in [4.69, 9.17) is 23.2 Å². The second-order valence-corrected chi connectivity index (χ2v) is 4.84. The first-order valence-electron chi connectivity index (χ1n) is 5.67. The van der Waals surface area contributed by atoms with Crippen LogP contribution in [0.2, 0.25) is 10.0 Å². The highest BCUT2D eigenvalue weighted by Gasteiger charge is 2.12. The first-order valence-corrected chi connectivity index (χ1v) is 6.43. The summed E-state index contributed by atoms with van der Waals surface area (Å²) >= 11 is 11.9. The van der Waals surface area contributed by atoms with Crippen molar-refractivity contribution >= 4 is 40.8 Å². The molecule has 2 N–H and O–H groups in total. The van der Waals surface area contributed by atoms with Gasteiger partial charge in [-0.3, -0.25) is 0 Å². The van der Waals surface area contributed by atoms with Crippen molar-refractivity contribution in [3.63, 3.8) is 0 Å². The lowest BCUT2D eigenvalue weighted by Gasteiger charge is -2.05. The van der Waals surface area contributed by atoms with E-state index in [1.54, 1.807) is 18.2 Å². The molecule has 0 aliphatic rings. The summed E-state index contributed by atoms with van der Waals surface area (Å²) in [6.45, 7) is 0. The zero-order valence-electron chi connectivity index (χ0n) is 10.2. The monoisotopic (exact) mass is 308 g/mol. The van der Waals surface area contributed by atoms with Gasteiger partial charge in [-0.25, -0.2) is 4.79 Å². The number of halogens is 2. The number of benzene rings is 2. The second-order valence-electron chi connectivity index (χ2n) is 4.05. The average molecular weight is 309 g/mol. The van der Waals surface area contributed by atoms with Gasteiger partial charge in [0.25, 0.3) is 0 Å². The zero-order valence-corrected chi connectivity index (χ0v) is 11.7. The topological polar surface area (TPSA) is 57.5 Å². The molecule has 0 aliphatic carbocycles. The third kappa shape index (κ3) is 3.13. The van der Waals surface area contributed by atoms with Crippen molar-refractivity contribution in [1.82, 2.24) is 0 Å². The molecule has 0 amide bonds. The minimum atomic E-state index is -1.09. The van der Waals surface area contributed by atoms with Crippen molar-refractivity contribution in [1.29, 1.82) is 0 Å². The molecular formula is C15H10Cl2O3. The van der Waals surface area contributed by atoms with E-state index in [1.165, 1.54) is 30.3 Å². The molecule has 0 fully saturated rings. The van der Waals surface area contributed by atoms with Crippen LogP contribution in [0.15, 0.2) is 42.5 Å². The van der Waals surface area contributed by atoms with Gasteiger partial charge in [0.15, 0.2) is 0 Å². The van der Waals surface area contributed by atoms with Crippen molar-refractivity contribution in [2.75, 3.05) is 0 Å². The Morgan fingerprint density at radius 1 is 1.05 bits per heavy atom. The SMILES string of the molecule is O=C(O)/C(=C\c1cccc(Cl)c1Cl)c1ccc(O)cc1. The normalized spacial score (nSPS) is 11.4. The Labute approximate surface area is 125 Å². The van der Waals surface area contributed by atoms with Crippen LogP contribution in [0.3, 0.4) is 0 Å². The molecule has 2 aromatic carbocycles. The molecular weight excluding hydrogens is 299 g/mol. The predicted octanol–water partition coefficient (Wildman–Crippen LogP) is 4.32. The van der Waals surface area contributed by atoms with Gasteiger partial charge in [0, 0.05) is 0 Å². The van der Waals surface area contributed by atoms with E-state index in [0.29, 0.717) is 21.2 Å². The second kappa shape index (κ2) is 5.99. The smallest absolute Gasteiger partial charge is 0.336 e. The maximum absolute atomic E-state index is 11.4. The number of aromatic hydroxyl groups is 1. The summed E-state index contributed by atoms with van der Waals surface area (Å²) in [5.41, 5.74) is 1.05. The number of phenols is 1. The third-order valence-corrected chi connectivity index (χ3v) is 3.52. The minimum absolute atomic E-state index is 0.0640. The van der Waals surface area contributed by atoms with Gasteiger partial charge >= 0.3 is 5.97 Å². The standard InChI is InChI=1S/C15H10Cl2O3/c16-13-3-1-2-10(14(13)17)8-12(15(19)20)9-4-6-11(18)7-5-9/h1-8,18H,(H,19,20)/b12-8-. The Balaban J connectivity index is 2.53. The molecule has 0 bridgehead atoms. The molecule has 0 unspecified atom stereocenters. The molecule has 2 rings (SSSR count). The van der Waals surface area contributed by atoms with E-state index in [2.05, 4.69) is 0 Å². The van der Waals surface area contributed by atoms with Crippen LogP contribution in [0, 0.1) is 0 Å². The summed E-state index contributed by atoms with van der Waals surface area (Å²) in [7, 11) is 0. The number of carboxylic acid groups (broad SMARTS) is 1. The summed E-state index contributed by atoms with van der Waals surface area (Å²) in [6.07, 6.45) is 1.45. The lowest BCUT2D eigenvalue weighted by atomic mass is 10.0. The summed E-state index contributed by atoms with van der Waals surface area (Å²) in [4.78, 5) is 11.4. The van der Waals surface area contributed by atoms with Gasteiger partial charge in [-0.15, -0.1) is 0 Å². The summed E-state index contributed by atoms with van der Waals surface area (Å²) in [5, 5.41) is 19.2. The van der Waals surface area contributed by atoms with Crippen LogP contribution in [0.4, 0.5) is 0 Å². The summed E-state index contributed by atoms with van der Waals surface area (Å²) in [6, 6.07) is 10.9. The van der Waals surface area contributed by atoms with Crippen molar-refractivity contribution in [3.05, 3.63) is 63.6 Å². The fraction of sp³-hybridized carbons (Fsp3) is 0. The highest BCUT2D eigenvalue weighted by Crippen LogP contribution is 2.29. The highest BCUT2D eigenvalue weighted by molar-refractivity contribution is 6.43. The molecule has 0 saturated carbocycles. The first kappa shape index (κ1) is 14.4. The quantitative estimate of drug-likeness (QED) is 0.655. The Morgan fingerprint density at radius 3 is 2.30 bits per heavy atom. The molecule has 0 heterocycles. The van der Waals surface area contributed by atoms with Gasteiger partial charge in [-0.2, -0.15) is 0 Å². The van der Waals surface area contributed by atoms with E-state index in [-0.39, 0.29) is 11.3 Å². The van der Waals surface area contributed by atoms with Gasteiger partial charge in [0.1, 0.15) is 5.75 Å². The first-order chi connectivity index (χ1) is 9.49. The molecule has 5 heteroatoms. The van der Waals surface area contributed by atoms with Crippen molar-refractivity contribution < 1.29 is 15.0 Å². The molecule has 3 nitrogen and oxygen atoms in total. The lowest BCUT2D eigenvalue weighted by molar-refractivity contribution is -0.130.